The fourth-order valence-corrected chi connectivity index (χ4v) is 4.47. The zero-order valence-electron chi connectivity index (χ0n) is 17.1. The third-order valence-corrected chi connectivity index (χ3v) is 6.26. The molecule has 4 unspecified atom stereocenters. The molecule has 0 aliphatic carbocycles. The summed E-state index contributed by atoms with van der Waals surface area (Å²) >= 11 is 24.3. The first-order valence-electron chi connectivity index (χ1n) is 9.75. The van der Waals surface area contributed by atoms with E-state index in [4.69, 9.17) is 65.4 Å². The number of carboxylic acid groups (broad SMARTS) is 1. The lowest BCUT2D eigenvalue weighted by atomic mass is 9.97. The van der Waals surface area contributed by atoms with Crippen molar-refractivity contribution in [3.63, 3.8) is 0 Å². The number of aliphatic carboxylic acids is 1. The Balaban J connectivity index is 1.70. The molecule has 174 valence electrons. The summed E-state index contributed by atoms with van der Waals surface area (Å²) in [5.74, 6) is -1.51. The molecule has 2 aromatic rings. The van der Waals surface area contributed by atoms with E-state index in [9.17, 15) is 9.90 Å². The van der Waals surface area contributed by atoms with Gasteiger partial charge in [-0.05, 0) is 35.4 Å². The van der Waals surface area contributed by atoms with Gasteiger partial charge in [0.05, 0.1) is 32.3 Å². The van der Waals surface area contributed by atoms with Crippen molar-refractivity contribution in [2.75, 3.05) is 13.7 Å². The van der Waals surface area contributed by atoms with Crippen LogP contribution in [0.5, 0.6) is 0 Å². The van der Waals surface area contributed by atoms with Gasteiger partial charge < -0.3 is 24.1 Å². The fraction of sp³-hybridized carbons (Fsp3) is 0.409. The number of benzene rings is 2. The standard InChI is InChI=1S/C22H22Cl4O6/c1-29-22-16(8-20(27)28)21(31-10-13-3-5-15(24)7-18(13)26)19(32-22)11-30-9-12-2-4-14(23)6-17(12)25/h2-7,16,19,21-22H,8-11H2,1H3,(H,27,28). The highest BCUT2D eigenvalue weighted by Gasteiger charge is 2.46. The Morgan fingerprint density at radius 3 is 2.12 bits per heavy atom. The normalized spacial score (nSPS) is 22.9. The average Bonchev–Trinajstić information content (AvgIpc) is 3.05. The lowest BCUT2D eigenvalue weighted by Crippen LogP contribution is -2.35. The maximum absolute atomic E-state index is 11.4. The SMILES string of the molecule is COC1OC(COCc2ccc(Cl)cc2Cl)C(OCc2ccc(Cl)cc2Cl)C1CC(=O)O. The van der Waals surface area contributed by atoms with Gasteiger partial charge in [0, 0.05) is 33.1 Å². The third kappa shape index (κ3) is 6.72. The maximum atomic E-state index is 11.4. The number of hydrogen-bond donors (Lipinski definition) is 1. The first-order chi connectivity index (χ1) is 15.3. The summed E-state index contributed by atoms with van der Waals surface area (Å²) < 4.78 is 23.2. The summed E-state index contributed by atoms with van der Waals surface area (Å²) in [6.07, 6.45) is -2.08. The van der Waals surface area contributed by atoms with Crippen LogP contribution in [0.3, 0.4) is 0 Å². The second-order valence-electron chi connectivity index (χ2n) is 7.30. The Kier molecular flexibility index (Phi) is 9.46. The number of hydrogen-bond acceptors (Lipinski definition) is 5. The summed E-state index contributed by atoms with van der Waals surface area (Å²) in [7, 11) is 1.46. The quantitative estimate of drug-likeness (QED) is 0.420. The number of rotatable bonds is 10. The molecule has 1 N–H and O–H groups in total. The van der Waals surface area contributed by atoms with Crippen LogP contribution in [0.4, 0.5) is 0 Å². The molecular formula is C22H22Cl4O6. The van der Waals surface area contributed by atoms with Gasteiger partial charge in [0.1, 0.15) is 6.10 Å². The van der Waals surface area contributed by atoms with Gasteiger partial charge in [0.25, 0.3) is 0 Å². The predicted octanol–water partition coefficient (Wildman–Crippen LogP) is 5.86. The van der Waals surface area contributed by atoms with E-state index in [2.05, 4.69) is 0 Å². The highest BCUT2D eigenvalue weighted by molar-refractivity contribution is 6.35. The Bertz CT molecular complexity index is 941. The maximum Gasteiger partial charge on any atom is 0.303 e. The van der Waals surface area contributed by atoms with E-state index in [0.717, 1.165) is 11.1 Å². The van der Waals surface area contributed by atoms with Crippen molar-refractivity contribution in [3.8, 4) is 0 Å². The second-order valence-corrected chi connectivity index (χ2v) is 8.99. The van der Waals surface area contributed by atoms with Gasteiger partial charge in [-0.3, -0.25) is 4.79 Å². The molecule has 4 atom stereocenters. The van der Waals surface area contributed by atoms with E-state index in [1.54, 1.807) is 36.4 Å². The van der Waals surface area contributed by atoms with Gasteiger partial charge in [-0.15, -0.1) is 0 Å². The van der Waals surface area contributed by atoms with Crippen LogP contribution >= 0.6 is 46.4 Å². The first-order valence-corrected chi connectivity index (χ1v) is 11.3. The van der Waals surface area contributed by atoms with Crippen LogP contribution in [0, 0.1) is 5.92 Å². The summed E-state index contributed by atoms with van der Waals surface area (Å²) in [5, 5.41) is 11.4. The lowest BCUT2D eigenvalue weighted by molar-refractivity contribution is -0.153. The molecule has 0 saturated carbocycles. The molecule has 0 radical (unpaired) electrons. The van der Waals surface area contributed by atoms with Crippen molar-refractivity contribution < 1.29 is 28.8 Å². The molecule has 2 aromatic carbocycles. The molecular weight excluding hydrogens is 502 g/mol. The minimum Gasteiger partial charge on any atom is -0.481 e. The van der Waals surface area contributed by atoms with Crippen molar-refractivity contribution in [1.82, 2.24) is 0 Å². The lowest BCUT2D eigenvalue weighted by Gasteiger charge is -2.23. The summed E-state index contributed by atoms with van der Waals surface area (Å²) in [6, 6.07) is 10.2. The van der Waals surface area contributed by atoms with Gasteiger partial charge in [-0.1, -0.05) is 58.5 Å². The Morgan fingerprint density at radius 1 is 1.00 bits per heavy atom. The fourth-order valence-electron chi connectivity index (χ4n) is 3.54. The van der Waals surface area contributed by atoms with Crippen molar-refractivity contribution >= 4 is 52.4 Å². The van der Waals surface area contributed by atoms with E-state index < -0.39 is 30.4 Å². The smallest absolute Gasteiger partial charge is 0.303 e. The highest BCUT2D eigenvalue weighted by Crippen LogP contribution is 2.34. The third-order valence-electron chi connectivity index (χ3n) is 5.09. The van der Waals surface area contributed by atoms with Crippen molar-refractivity contribution in [2.24, 2.45) is 5.92 Å². The largest absolute Gasteiger partial charge is 0.481 e. The van der Waals surface area contributed by atoms with Crippen LogP contribution in [0.2, 0.25) is 20.1 Å². The molecule has 0 spiro atoms. The predicted molar refractivity (Wildman–Crippen MR) is 123 cm³/mol. The molecule has 0 amide bonds. The minimum absolute atomic E-state index is 0.147. The molecule has 0 bridgehead atoms. The Hall–Kier alpha value is -1.09. The molecule has 3 rings (SSSR count). The van der Waals surface area contributed by atoms with Crippen LogP contribution in [0.15, 0.2) is 36.4 Å². The van der Waals surface area contributed by atoms with Gasteiger partial charge in [-0.2, -0.15) is 0 Å². The molecule has 1 heterocycles. The van der Waals surface area contributed by atoms with Gasteiger partial charge >= 0.3 is 5.97 Å². The van der Waals surface area contributed by atoms with Crippen LogP contribution < -0.4 is 0 Å². The zero-order valence-corrected chi connectivity index (χ0v) is 20.1. The van der Waals surface area contributed by atoms with Crippen LogP contribution in [0.25, 0.3) is 0 Å². The van der Waals surface area contributed by atoms with E-state index in [1.807, 2.05) is 0 Å². The van der Waals surface area contributed by atoms with E-state index in [1.165, 1.54) is 7.11 Å². The van der Waals surface area contributed by atoms with Gasteiger partial charge in [-0.25, -0.2) is 0 Å². The van der Waals surface area contributed by atoms with Crippen molar-refractivity contribution in [3.05, 3.63) is 67.6 Å². The molecule has 1 saturated heterocycles. The molecule has 1 fully saturated rings. The van der Waals surface area contributed by atoms with Crippen molar-refractivity contribution in [2.45, 2.75) is 38.1 Å². The number of carboxylic acids is 1. The van der Waals surface area contributed by atoms with Crippen molar-refractivity contribution in [1.29, 1.82) is 0 Å². The molecule has 1 aliphatic heterocycles. The summed E-state index contributed by atoms with van der Waals surface area (Å²) in [6.45, 7) is 0.525. The molecule has 32 heavy (non-hydrogen) atoms. The number of halogens is 4. The van der Waals surface area contributed by atoms with Crippen LogP contribution in [-0.2, 0) is 37.0 Å². The van der Waals surface area contributed by atoms with Gasteiger partial charge in [0.15, 0.2) is 6.29 Å². The van der Waals surface area contributed by atoms with Crippen LogP contribution in [-0.4, -0.2) is 43.3 Å². The monoisotopic (exact) mass is 522 g/mol. The van der Waals surface area contributed by atoms with E-state index in [0.29, 0.717) is 20.1 Å². The number of ether oxygens (including phenoxy) is 4. The number of carbonyl (C=O) groups is 1. The van der Waals surface area contributed by atoms with E-state index in [-0.39, 0.29) is 26.2 Å². The number of methoxy groups -OCH3 is 1. The summed E-state index contributed by atoms with van der Waals surface area (Å²) in [4.78, 5) is 11.4. The average molecular weight is 524 g/mol. The molecule has 10 heteroatoms. The van der Waals surface area contributed by atoms with Crippen LogP contribution in [0.1, 0.15) is 17.5 Å². The Labute approximate surface area is 206 Å². The summed E-state index contributed by atoms with van der Waals surface area (Å²) in [5.41, 5.74) is 1.49. The highest BCUT2D eigenvalue weighted by atomic mass is 35.5. The topological polar surface area (TPSA) is 74.2 Å². The molecule has 1 aliphatic rings. The molecule has 6 nitrogen and oxygen atoms in total. The van der Waals surface area contributed by atoms with Gasteiger partial charge in [0.2, 0.25) is 0 Å². The minimum atomic E-state index is -0.978. The Morgan fingerprint density at radius 2 is 1.59 bits per heavy atom. The second kappa shape index (κ2) is 11.9. The first kappa shape index (κ1) is 25.5. The molecule has 0 aromatic heterocycles. The zero-order chi connectivity index (χ0) is 23.3. The van der Waals surface area contributed by atoms with E-state index >= 15 is 0 Å².